The summed E-state index contributed by atoms with van der Waals surface area (Å²) in [6, 6.07) is 12.0. The van der Waals surface area contributed by atoms with E-state index in [1.54, 1.807) is 59.7 Å². The fourth-order valence-corrected chi connectivity index (χ4v) is 2.52. The molecule has 2 N–H and O–H groups in total. The largest absolute Gasteiger partial charge is 0.495 e. The number of carbonyl (C=O) groups excluding carboxylic acids is 2. The highest BCUT2D eigenvalue weighted by molar-refractivity contribution is 6.05. The van der Waals surface area contributed by atoms with Crippen molar-refractivity contribution in [2.45, 2.75) is 0 Å². The lowest BCUT2D eigenvalue weighted by Gasteiger charge is -2.13. The molecule has 0 aliphatic carbocycles. The first-order valence-electron chi connectivity index (χ1n) is 8.34. The lowest BCUT2D eigenvalue weighted by atomic mass is 10.2. The number of ether oxygens (including phenoxy) is 2. The zero-order valence-corrected chi connectivity index (χ0v) is 15.4. The van der Waals surface area contributed by atoms with Crippen molar-refractivity contribution in [1.82, 2.24) is 14.8 Å². The molecule has 28 heavy (non-hydrogen) atoms. The molecule has 3 rings (SSSR count). The molecule has 2 amide bonds. The van der Waals surface area contributed by atoms with E-state index >= 15 is 0 Å². The molecule has 0 bridgehead atoms. The summed E-state index contributed by atoms with van der Waals surface area (Å²) < 4.78 is 11.8. The minimum Gasteiger partial charge on any atom is -0.495 e. The monoisotopic (exact) mass is 381 g/mol. The van der Waals surface area contributed by atoms with Crippen LogP contribution in [0.2, 0.25) is 0 Å². The highest BCUT2D eigenvalue weighted by atomic mass is 16.5. The number of amides is 2. The molecule has 0 saturated carbocycles. The molecule has 0 aliphatic heterocycles. The van der Waals surface area contributed by atoms with Gasteiger partial charge < -0.3 is 20.1 Å². The van der Waals surface area contributed by atoms with Gasteiger partial charge in [0.2, 0.25) is 5.91 Å². The predicted octanol–water partition coefficient (Wildman–Crippen LogP) is 2.11. The van der Waals surface area contributed by atoms with Crippen molar-refractivity contribution < 1.29 is 19.1 Å². The van der Waals surface area contributed by atoms with Crippen molar-refractivity contribution in [3.05, 3.63) is 60.7 Å². The quantitative estimate of drug-likeness (QED) is 0.649. The molecule has 1 aromatic heterocycles. The van der Waals surface area contributed by atoms with Crippen LogP contribution in [0.5, 0.6) is 5.75 Å². The van der Waals surface area contributed by atoms with Crippen LogP contribution in [0.15, 0.2) is 55.1 Å². The van der Waals surface area contributed by atoms with Crippen molar-refractivity contribution in [2.75, 3.05) is 31.5 Å². The number of anilines is 2. The van der Waals surface area contributed by atoms with Crippen LogP contribution in [0.3, 0.4) is 0 Å². The molecule has 0 aliphatic rings. The van der Waals surface area contributed by atoms with Crippen LogP contribution in [0.1, 0.15) is 10.4 Å². The van der Waals surface area contributed by atoms with E-state index in [2.05, 4.69) is 20.8 Å². The molecule has 3 aromatic rings. The molecule has 0 saturated heterocycles. The molecule has 0 atom stereocenters. The van der Waals surface area contributed by atoms with E-state index in [4.69, 9.17) is 9.47 Å². The molecule has 0 unspecified atom stereocenters. The molecular formula is C19H19N5O4. The van der Waals surface area contributed by atoms with Gasteiger partial charge in [-0.2, -0.15) is 0 Å². The van der Waals surface area contributed by atoms with Crippen LogP contribution >= 0.6 is 0 Å². The van der Waals surface area contributed by atoms with E-state index in [9.17, 15) is 9.59 Å². The zero-order chi connectivity index (χ0) is 19.9. The molecule has 2 aromatic carbocycles. The van der Waals surface area contributed by atoms with Gasteiger partial charge in [0, 0.05) is 24.0 Å². The van der Waals surface area contributed by atoms with Gasteiger partial charge in [-0.15, -0.1) is 10.2 Å². The molecule has 9 nitrogen and oxygen atoms in total. The first-order valence-corrected chi connectivity index (χ1v) is 8.34. The SMILES string of the molecule is COCC(=O)Nc1cc(NC(=O)c2ccc(-n3cnnc3)cc2)ccc1OC. The summed E-state index contributed by atoms with van der Waals surface area (Å²) in [6.45, 7) is -0.0848. The average Bonchev–Trinajstić information content (AvgIpc) is 3.23. The Kier molecular flexibility index (Phi) is 5.97. The summed E-state index contributed by atoms with van der Waals surface area (Å²) in [4.78, 5) is 24.3. The zero-order valence-electron chi connectivity index (χ0n) is 15.4. The molecule has 0 fully saturated rings. The van der Waals surface area contributed by atoms with Crippen molar-refractivity contribution in [1.29, 1.82) is 0 Å². The van der Waals surface area contributed by atoms with E-state index in [1.807, 2.05) is 0 Å². The number of rotatable bonds is 7. The van der Waals surface area contributed by atoms with Crippen molar-refractivity contribution in [3.63, 3.8) is 0 Å². The second kappa shape index (κ2) is 8.78. The summed E-state index contributed by atoms with van der Waals surface area (Å²) in [5.74, 6) is -0.135. The fraction of sp³-hybridized carbons (Fsp3) is 0.158. The van der Waals surface area contributed by atoms with E-state index in [1.165, 1.54) is 14.2 Å². The molecule has 0 radical (unpaired) electrons. The maximum absolute atomic E-state index is 12.5. The first-order chi connectivity index (χ1) is 13.6. The van der Waals surface area contributed by atoms with Crippen LogP contribution in [-0.4, -0.2) is 47.4 Å². The Hall–Kier alpha value is -3.72. The third-order valence-corrected chi connectivity index (χ3v) is 3.85. The summed E-state index contributed by atoms with van der Waals surface area (Å²) in [6.07, 6.45) is 3.15. The van der Waals surface area contributed by atoms with Gasteiger partial charge in [0.25, 0.3) is 5.91 Å². The number of nitrogens with zero attached hydrogens (tertiary/aromatic N) is 3. The summed E-state index contributed by atoms with van der Waals surface area (Å²) in [7, 11) is 2.93. The number of nitrogens with one attached hydrogen (secondary N) is 2. The van der Waals surface area contributed by atoms with Crippen LogP contribution in [-0.2, 0) is 9.53 Å². The maximum atomic E-state index is 12.5. The van der Waals surface area contributed by atoms with Crippen LogP contribution < -0.4 is 15.4 Å². The van der Waals surface area contributed by atoms with Crippen LogP contribution in [0.4, 0.5) is 11.4 Å². The standard InChI is InChI=1S/C19H19N5O4/c1-27-10-18(25)23-16-9-14(5-8-17(16)28-2)22-19(26)13-3-6-15(7-4-13)24-11-20-21-12-24/h3-9,11-12H,10H2,1-2H3,(H,22,26)(H,23,25). The van der Waals surface area contributed by atoms with Crippen LogP contribution in [0, 0.1) is 0 Å². The van der Waals surface area contributed by atoms with Crippen LogP contribution in [0.25, 0.3) is 5.69 Å². The Bertz CT molecular complexity index is 955. The van der Waals surface area contributed by atoms with Crippen molar-refractivity contribution >= 4 is 23.2 Å². The Labute approximate surface area is 161 Å². The minimum atomic E-state index is -0.325. The van der Waals surface area contributed by atoms with Gasteiger partial charge in [0.05, 0.1) is 12.8 Å². The van der Waals surface area contributed by atoms with Gasteiger partial charge in [-0.1, -0.05) is 0 Å². The van der Waals surface area contributed by atoms with E-state index in [0.717, 1.165) is 5.69 Å². The highest BCUT2D eigenvalue weighted by Gasteiger charge is 2.11. The van der Waals surface area contributed by atoms with E-state index in [0.29, 0.717) is 22.7 Å². The van der Waals surface area contributed by atoms with Gasteiger partial charge in [0.1, 0.15) is 25.0 Å². The number of benzene rings is 2. The number of hydrogen-bond donors (Lipinski definition) is 2. The predicted molar refractivity (Wildman–Crippen MR) is 103 cm³/mol. The fourth-order valence-electron chi connectivity index (χ4n) is 2.52. The normalized spacial score (nSPS) is 10.4. The summed E-state index contributed by atoms with van der Waals surface area (Å²) in [5, 5.41) is 13.0. The number of carbonyl (C=O) groups is 2. The second-order valence-corrected chi connectivity index (χ2v) is 5.77. The maximum Gasteiger partial charge on any atom is 0.255 e. The average molecular weight is 381 g/mol. The Morgan fingerprint density at radius 2 is 1.71 bits per heavy atom. The topological polar surface area (TPSA) is 107 Å². The minimum absolute atomic E-state index is 0.0848. The number of methoxy groups -OCH3 is 2. The van der Waals surface area contributed by atoms with E-state index < -0.39 is 0 Å². The Morgan fingerprint density at radius 1 is 1.00 bits per heavy atom. The molecule has 9 heteroatoms. The smallest absolute Gasteiger partial charge is 0.255 e. The number of hydrogen-bond acceptors (Lipinski definition) is 6. The lowest BCUT2D eigenvalue weighted by molar-refractivity contribution is -0.119. The Morgan fingerprint density at radius 3 is 2.36 bits per heavy atom. The third kappa shape index (κ3) is 4.51. The molecule has 144 valence electrons. The first kappa shape index (κ1) is 19.1. The van der Waals surface area contributed by atoms with Gasteiger partial charge in [0.15, 0.2) is 0 Å². The summed E-state index contributed by atoms with van der Waals surface area (Å²) >= 11 is 0. The number of aromatic nitrogens is 3. The van der Waals surface area contributed by atoms with Gasteiger partial charge in [-0.25, -0.2) is 0 Å². The van der Waals surface area contributed by atoms with Gasteiger partial charge >= 0.3 is 0 Å². The molecule has 0 spiro atoms. The van der Waals surface area contributed by atoms with E-state index in [-0.39, 0.29) is 18.4 Å². The summed E-state index contributed by atoms with van der Waals surface area (Å²) in [5.41, 5.74) is 2.28. The third-order valence-electron chi connectivity index (χ3n) is 3.85. The molecular weight excluding hydrogens is 362 g/mol. The second-order valence-electron chi connectivity index (χ2n) is 5.77. The van der Waals surface area contributed by atoms with Crippen molar-refractivity contribution in [2.24, 2.45) is 0 Å². The highest BCUT2D eigenvalue weighted by Crippen LogP contribution is 2.28. The van der Waals surface area contributed by atoms with Gasteiger partial charge in [-0.05, 0) is 42.5 Å². The molecule has 1 heterocycles. The van der Waals surface area contributed by atoms with Crippen molar-refractivity contribution in [3.8, 4) is 11.4 Å². The lowest BCUT2D eigenvalue weighted by Crippen LogP contribution is -2.18. The van der Waals surface area contributed by atoms with Gasteiger partial charge in [-0.3, -0.25) is 14.2 Å². The Balaban J connectivity index is 1.73.